The van der Waals surface area contributed by atoms with Crippen LogP contribution in [0.5, 0.6) is 0 Å². The molecule has 1 aromatic carbocycles. The highest BCUT2D eigenvalue weighted by Gasteiger charge is 2.20. The predicted molar refractivity (Wildman–Crippen MR) is 81.9 cm³/mol. The Morgan fingerprint density at radius 1 is 1.35 bits per heavy atom. The molecular weight excluding hydrogens is 274 g/mol. The van der Waals surface area contributed by atoms with Crippen molar-refractivity contribution >= 4 is 17.5 Å². The van der Waals surface area contributed by atoms with Gasteiger partial charge in [-0.05, 0) is 31.7 Å². The second kappa shape index (κ2) is 7.07. The summed E-state index contributed by atoms with van der Waals surface area (Å²) < 4.78 is 0. The van der Waals surface area contributed by atoms with Crippen molar-refractivity contribution in [1.82, 2.24) is 15.1 Å². The van der Waals surface area contributed by atoms with Crippen molar-refractivity contribution in [2.24, 2.45) is 0 Å². The van der Waals surface area contributed by atoms with Gasteiger partial charge >= 0.3 is 0 Å². The van der Waals surface area contributed by atoms with Gasteiger partial charge in [-0.25, -0.2) is 0 Å². The van der Waals surface area contributed by atoms with Gasteiger partial charge in [-0.2, -0.15) is 0 Å². The Bertz CT molecular complexity index is 443. The minimum Gasteiger partial charge on any atom is -0.339 e. The molecule has 1 amide bonds. The van der Waals surface area contributed by atoms with Crippen molar-refractivity contribution in [2.75, 3.05) is 39.8 Å². The Morgan fingerprint density at radius 2 is 1.95 bits per heavy atom. The summed E-state index contributed by atoms with van der Waals surface area (Å²) in [4.78, 5) is 16.2. The molecule has 1 N–H and O–H groups in total. The normalized spacial score (nSPS) is 17.3. The third kappa shape index (κ3) is 3.95. The Labute approximate surface area is 125 Å². The number of halogens is 1. The number of carbonyl (C=O) groups excluding carboxylic acids is 1. The summed E-state index contributed by atoms with van der Waals surface area (Å²) in [6, 6.07) is 8.00. The number of benzene rings is 1. The smallest absolute Gasteiger partial charge is 0.236 e. The molecule has 0 aliphatic carbocycles. The van der Waals surface area contributed by atoms with Crippen LogP contribution in [0.3, 0.4) is 0 Å². The van der Waals surface area contributed by atoms with Gasteiger partial charge in [0.25, 0.3) is 0 Å². The fourth-order valence-corrected chi connectivity index (χ4v) is 2.49. The molecule has 20 heavy (non-hydrogen) atoms. The highest BCUT2D eigenvalue weighted by atomic mass is 35.5. The van der Waals surface area contributed by atoms with E-state index >= 15 is 0 Å². The zero-order valence-corrected chi connectivity index (χ0v) is 12.9. The molecule has 1 aliphatic rings. The molecular formula is C15H22ClN3O. The third-order valence-electron chi connectivity index (χ3n) is 3.87. The number of rotatable bonds is 4. The van der Waals surface area contributed by atoms with Gasteiger partial charge in [0.2, 0.25) is 5.91 Å². The maximum absolute atomic E-state index is 12.2. The summed E-state index contributed by atoms with van der Waals surface area (Å²) in [6.07, 6.45) is 0. The van der Waals surface area contributed by atoms with Crippen LogP contribution in [0, 0.1) is 0 Å². The molecule has 110 valence electrons. The quantitative estimate of drug-likeness (QED) is 0.919. The number of piperazine rings is 1. The number of carbonyl (C=O) groups is 1. The van der Waals surface area contributed by atoms with Gasteiger partial charge in [0, 0.05) is 37.2 Å². The van der Waals surface area contributed by atoms with E-state index in [1.54, 1.807) is 0 Å². The van der Waals surface area contributed by atoms with E-state index in [4.69, 9.17) is 11.6 Å². The van der Waals surface area contributed by atoms with Crippen LogP contribution in [-0.2, 0) is 4.79 Å². The molecule has 1 unspecified atom stereocenters. The molecule has 0 spiro atoms. The first-order valence-corrected chi connectivity index (χ1v) is 7.40. The molecule has 4 nitrogen and oxygen atoms in total. The van der Waals surface area contributed by atoms with Gasteiger partial charge in [0.05, 0.1) is 6.54 Å². The molecule has 0 saturated carbocycles. The summed E-state index contributed by atoms with van der Waals surface area (Å²) >= 11 is 5.90. The van der Waals surface area contributed by atoms with Crippen LogP contribution in [-0.4, -0.2) is 55.5 Å². The first kappa shape index (κ1) is 15.3. The Hall–Kier alpha value is -1.10. The second-order valence-corrected chi connectivity index (χ2v) is 5.71. The van der Waals surface area contributed by atoms with Gasteiger partial charge in [0.15, 0.2) is 0 Å². The second-order valence-electron chi connectivity index (χ2n) is 5.27. The lowest BCUT2D eigenvalue weighted by Crippen LogP contribution is -2.49. The lowest BCUT2D eigenvalue weighted by Gasteiger charge is -2.31. The van der Waals surface area contributed by atoms with Crippen LogP contribution in [0.25, 0.3) is 0 Å². The highest BCUT2D eigenvalue weighted by molar-refractivity contribution is 6.30. The fraction of sp³-hybridized carbons (Fsp3) is 0.533. The summed E-state index contributed by atoms with van der Waals surface area (Å²) in [7, 11) is 1.99. The molecule has 1 heterocycles. The number of hydrogen-bond acceptors (Lipinski definition) is 3. The minimum atomic E-state index is 0.194. The molecule has 1 atom stereocenters. The highest BCUT2D eigenvalue weighted by Crippen LogP contribution is 2.20. The zero-order valence-electron chi connectivity index (χ0n) is 12.1. The lowest BCUT2D eigenvalue weighted by molar-refractivity contribution is -0.133. The van der Waals surface area contributed by atoms with Gasteiger partial charge < -0.3 is 10.2 Å². The Balaban J connectivity index is 1.91. The summed E-state index contributed by atoms with van der Waals surface area (Å²) in [5, 5.41) is 3.99. The van der Waals surface area contributed by atoms with Crippen LogP contribution in [0.15, 0.2) is 24.3 Å². The van der Waals surface area contributed by atoms with Crippen molar-refractivity contribution in [3.8, 4) is 0 Å². The van der Waals surface area contributed by atoms with Gasteiger partial charge in [-0.15, -0.1) is 0 Å². The van der Waals surface area contributed by atoms with Crippen molar-refractivity contribution in [1.29, 1.82) is 0 Å². The van der Waals surface area contributed by atoms with Crippen LogP contribution in [0.4, 0.5) is 0 Å². The van der Waals surface area contributed by atoms with Crippen LogP contribution in [0.1, 0.15) is 18.5 Å². The molecule has 0 aromatic heterocycles. The van der Waals surface area contributed by atoms with Crippen molar-refractivity contribution in [3.63, 3.8) is 0 Å². The molecule has 0 radical (unpaired) electrons. The number of amides is 1. The van der Waals surface area contributed by atoms with E-state index in [0.717, 1.165) is 31.2 Å². The average Bonchev–Trinajstić information content (AvgIpc) is 2.48. The molecule has 2 rings (SSSR count). The van der Waals surface area contributed by atoms with E-state index in [1.807, 2.05) is 36.2 Å². The van der Waals surface area contributed by atoms with Gasteiger partial charge in [-0.3, -0.25) is 9.69 Å². The lowest BCUT2D eigenvalue weighted by atomic mass is 10.1. The summed E-state index contributed by atoms with van der Waals surface area (Å²) in [5.41, 5.74) is 1.17. The van der Waals surface area contributed by atoms with Gasteiger partial charge in [-0.1, -0.05) is 23.7 Å². The summed E-state index contributed by atoms with van der Waals surface area (Å²) in [5.74, 6) is 0.204. The molecule has 1 fully saturated rings. The Kier molecular flexibility index (Phi) is 5.40. The van der Waals surface area contributed by atoms with E-state index < -0.39 is 0 Å². The number of hydrogen-bond donors (Lipinski definition) is 1. The van der Waals surface area contributed by atoms with Crippen LogP contribution < -0.4 is 5.32 Å². The monoisotopic (exact) mass is 295 g/mol. The van der Waals surface area contributed by atoms with Crippen molar-refractivity contribution in [2.45, 2.75) is 13.0 Å². The van der Waals surface area contributed by atoms with Crippen LogP contribution >= 0.6 is 11.6 Å². The minimum absolute atomic E-state index is 0.194. The first-order valence-electron chi connectivity index (χ1n) is 7.02. The third-order valence-corrected chi connectivity index (χ3v) is 4.12. The number of likely N-dealkylation sites (N-methyl/N-ethyl adjacent to an activating group) is 1. The predicted octanol–water partition coefficient (Wildman–Crippen LogP) is 1.76. The van der Waals surface area contributed by atoms with E-state index in [9.17, 15) is 4.79 Å². The SMILES string of the molecule is CC(c1ccc(Cl)cc1)N(C)CC(=O)N1CCNCC1. The fourth-order valence-electron chi connectivity index (χ4n) is 2.36. The molecule has 0 bridgehead atoms. The number of nitrogens with one attached hydrogen (secondary N) is 1. The molecule has 1 aliphatic heterocycles. The topological polar surface area (TPSA) is 35.6 Å². The first-order chi connectivity index (χ1) is 9.58. The van der Waals surface area contributed by atoms with Gasteiger partial charge in [0.1, 0.15) is 0 Å². The van der Waals surface area contributed by atoms with Crippen molar-refractivity contribution in [3.05, 3.63) is 34.9 Å². The summed E-state index contributed by atoms with van der Waals surface area (Å²) in [6.45, 7) is 5.95. The van der Waals surface area contributed by atoms with E-state index in [1.165, 1.54) is 5.56 Å². The maximum Gasteiger partial charge on any atom is 0.236 e. The molecule has 1 aromatic rings. The number of nitrogens with zero attached hydrogens (tertiary/aromatic N) is 2. The zero-order chi connectivity index (χ0) is 14.5. The Morgan fingerprint density at radius 3 is 2.55 bits per heavy atom. The molecule has 5 heteroatoms. The standard InChI is InChI=1S/C15H22ClN3O/c1-12(13-3-5-14(16)6-4-13)18(2)11-15(20)19-9-7-17-8-10-19/h3-6,12,17H,7-11H2,1-2H3. The average molecular weight is 296 g/mol. The van der Waals surface area contributed by atoms with E-state index in [0.29, 0.717) is 6.54 Å². The largest absolute Gasteiger partial charge is 0.339 e. The van der Waals surface area contributed by atoms with E-state index in [2.05, 4.69) is 17.1 Å². The van der Waals surface area contributed by atoms with E-state index in [-0.39, 0.29) is 11.9 Å². The van der Waals surface area contributed by atoms with Crippen molar-refractivity contribution < 1.29 is 4.79 Å². The molecule has 1 saturated heterocycles. The van der Waals surface area contributed by atoms with Crippen LogP contribution in [0.2, 0.25) is 5.02 Å². The maximum atomic E-state index is 12.2.